The van der Waals surface area contributed by atoms with E-state index in [2.05, 4.69) is 4.98 Å². The minimum atomic E-state index is -0.671. The van der Waals surface area contributed by atoms with Crippen LogP contribution in [-0.2, 0) is 16.0 Å². The molecule has 6 heteroatoms. The Bertz CT molecular complexity index is 1100. The Hall–Kier alpha value is -3.54. The van der Waals surface area contributed by atoms with Gasteiger partial charge in [0.2, 0.25) is 0 Å². The first-order chi connectivity index (χ1) is 13.5. The van der Waals surface area contributed by atoms with Gasteiger partial charge in [-0.15, -0.1) is 0 Å². The average molecular weight is 376 g/mol. The van der Waals surface area contributed by atoms with Crippen molar-refractivity contribution in [2.45, 2.75) is 19.4 Å². The van der Waals surface area contributed by atoms with Crippen molar-refractivity contribution >= 4 is 22.6 Å². The number of carbonyl (C=O) groups is 2. The number of nitrogens with one attached hydrogen (secondary N) is 1. The monoisotopic (exact) mass is 376 g/mol. The number of hydrogen-bond donors (Lipinski definition) is 3. The Labute approximate surface area is 161 Å². The summed E-state index contributed by atoms with van der Waals surface area (Å²) in [4.78, 5) is 29.6. The number of aromatic nitrogens is 1. The summed E-state index contributed by atoms with van der Waals surface area (Å²) in [5.41, 5.74) is 2.84. The van der Waals surface area contributed by atoms with Crippen molar-refractivity contribution in [2.75, 3.05) is 6.54 Å². The smallest absolute Gasteiger partial charge is 0.290 e. The van der Waals surface area contributed by atoms with Crippen LogP contribution in [0.3, 0.4) is 0 Å². The lowest BCUT2D eigenvalue weighted by atomic mass is 9.96. The Kier molecular flexibility index (Phi) is 4.39. The highest BCUT2D eigenvalue weighted by Gasteiger charge is 2.42. The van der Waals surface area contributed by atoms with E-state index < -0.39 is 17.7 Å². The van der Waals surface area contributed by atoms with E-state index in [1.165, 1.54) is 24.0 Å². The van der Waals surface area contributed by atoms with Crippen LogP contribution in [0.25, 0.3) is 10.9 Å². The van der Waals surface area contributed by atoms with Gasteiger partial charge in [-0.05, 0) is 42.7 Å². The first-order valence-electron chi connectivity index (χ1n) is 9.06. The Balaban J connectivity index is 1.67. The van der Waals surface area contributed by atoms with Crippen molar-refractivity contribution in [3.05, 3.63) is 77.2 Å². The standard InChI is InChI=1S/C22H20N2O4/c1-13(25)19-20(14-6-8-16(26)9-7-14)24(22(28)21(19)27)11-10-15-12-23-18-5-3-2-4-17(15)18/h2-9,12,20,23,26-27H,10-11H2,1H3/t20-/m1/s1. The molecule has 3 aromatic rings. The van der Waals surface area contributed by atoms with E-state index in [1.807, 2.05) is 30.5 Å². The second kappa shape index (κ2) is 6.88. The van der Waals surface area contributed by atoms with E-state index in [4.69, 9.17) is 0 Å². The zero-order valence-corrected chi connectivity index (χ0v) is 15.3. The van der Waals surface area contributed by atoms with Crippen LogP contribution in [0.4, 0.5) is 0 Å². The van der Waals surface area contributed by atoms with Gasteiger partial charge in [-0.2, -0.15) is 0 Å². The number of H-pyrrole nitrogens is 1. The van der Waals surface area contributed by atoms with Crippen molar-refractivity contribution in [1.82, 2.24) is 9.88 Å². The van der Waals surface area contributed by atoms with Crippen LogP contribution < -0.4 is 0 Å². The lowest BCUT2D eigenvalue weighted by Gasteiger charge is -2.26. The van der Waals surface area contributed by atoms with Crippen LogP contribution in [-0.4, -0.2) is 38.3 Å². The van der Waals surface area contributed by atoms with Gasteiger partial charge in [0.05, 0.1) is 11.6 Å². The van der Waals surface area contributed by atoms with Gasteiger partial charge in [-0.1, -0.05) is 30.3 Å². The number of aliphatic hydroxyl groups excluding tert-OH is 1. The summed E-state index contributed by atoms with van der Waals surface area (Å²) < 4.78 is 0. The number of aromatic hydroxyl groups is 1. The van der Waals surface area contributed by atoms with E-state index in [1.54, 1.807) is 12.1 Å². The molecule has 3 N–H and O–H groups in total. The maximum atomic E-state index is 12.7. The highest BCUT2D eigenvalue weighted by atomic mass is 16.3. The molecule has 142 valence electrons. The van der Waals surface area contributed by atoms with Crippen LogP contribution in [0.5, 0.6) is 5.75 Å². The summed E-state index contributed by atoms with van der Waals surface area (Å²) in [5.74, 6) is -1.30. The van der Waals surface area contributed by atoms with Gasteiger partial charge in [0.15, 0.2) is 11.5 Å². The third-order valence-corrected chi connectivity index (χ3v) is 5.19. The van der Waals surface area contributed by atoms with E-state index in [9.17, 15) is 19.8 Å². The van der Waals surface area contributed by atoms with Crippen molar-refractivity contribution in [3.8, 4) is 5.75 Å². The highest BCUT2D eigenvalue weighted by molar-refractivity contribution is 6.08. The molecule has 0 spiro atoms. The zero-order valence-electron chi connectivity index (χ0n) is 15.3. The predicted octanol–water partition coefficient (Wildman–Crippen LogP) is 3.40. The lowest BCUT2D eigenvalue weighted by Crippen LogP contribution is -2.32. The van der Waals surface area contributed by atoms with Gasteiger partial charge in [-0.3, -0.25) is 9.59 Å². The van der Waals surface area contributed by atoms with Crippen LogP contribution in [0.15, 0.2) is 66.1 Å². The molecule has 0 aliphatic carbocycles. The highest BCUT2D eigenvalue weighted by Crippen LogP contribution is 2.38. The van der Waals surface area contributed by atoms with Crippen molar-refractivity contribution in [2.24, 2.45) is 0 Å². The van der Waals surface area contributed by atoms with Gasteiger partial charge in [0.25, 0.3) is 5.91 Å². The third-order valence-electron chi connectivity index (χ3n) is 5.19. The first-order valence-corrected chi connectivity index (χ1v) is 9.06. The number of fused-ring (bicyclic) bond motifs is 1. The largest absolute Gasteiger partial charge is 0.508 e. The van der Waals surface area contributed by atoms with Crippen LogP contribution in [0, 0.1) is 0 Å². The van der Waals surface area contributed by atoms with Gasteiger partial charge in [-0.25, -0.2) is 0 Å². The maximum Gasteiger partial charge on any atom is 0.290 e. The number of nitrogens with zero attached hydrogens (tertiary/aromatic N) is 1. The van der Waals surface area contributed by atoms with E-state index in [-0.39, 0.29) is 17.1 Å². The first kappa shape index (κ1) is 17.9. The number of amides is 1. The molecule has 4 rings (SSSR count). The molecule has 2 heterocycles. The predicted molar refractivity (Wildman–Crippen MR) is 105 cm³/mol. The topological polar surface area (TPSA) is 93.6 Å². The molecule has 1 aliphatic heterocycles. The molecule has 1 aromatic heterocycles. The number of Topliss-reactive ketones (excluding diaryl/α,β-unsaturated/α-hetero) is 1. The molecule has 0 bridgehead atoms. The summed E-state index contributed by atoms with van der Waals surface area (Å²) in [6.45, 7) is 1.68. The Morgan fingerprint density at radius 3 is 2.54 bits per heavy atom. The molecular formula is C22H20N2O4. The van der Waals surface area contributed by atoms with Gasteiger partial charge in [0.1, 0.15) is 5.75 Å². The summed E-state index contributed by atoms with van der Waals surface area (Å²) >= 11 is 0. The quantitative estimate of drug-likeness (QED) is 0.636. The van der Waals surface area contributed by atoms with Crippen LogP contribution >= 0.6 is 0 Å². The summed E-state index contributed by atoms with van der Waals surface area (Å²) in [5, 5.41) is 21.0. The van der Waals surface area contributed by atoms with Crippen molar-refractivity contribution in [3.63, 3.8) is 0 Å². The van der Waals surface area contributed by atoms with Crippen LogP contribution in [0.2, 0.25) is 0 Å². The van der Waals surface area contributed by atoms with Gasteiger partial charge in [0, 0.05) is 23.6 Å². The Morgan fingerprint density at radius 2 is 1.82 bits per heavy atom. The normalized spacial score (nSPS) is 17.0. The molecule has 0 saturated heterocycles. The number of hydrogen-bond acceptors (Lipinski definition) is 4. The molecule has 0 saturated carbocycles. The second-order valence-corrected chi connectivity index (χ2v) is 6.92. The molecule has 0 fully saturated rings. The molecule has 0 radical (unpaired) electrons. The number of para-hydroxylation sites is 1. The van der Waals surface area contributed by atoms with E-state index in [0.29, 0.717) is 18.5 Å². The SMILES string of the molecule is CC(=O)C1=C(O)C(=O)N(CCc2c[nH]c3ccccc23)[C@@H]1c1ccc(O)cc1. The van der Waals surface area contributed by atoms with Crippen molar-refractivity contribution < 1.29 is 19.8 Å². The fourth-order valence-corrected chi connectivity index (χ4v) is 3.83. The number of aromatic amines is 1. The van der Waals surface area contributed by atoms with Crippen LogP contribution in [0.1, 0.15) is 24.1 Å². The lowest BCUT2D eigenvalue weighted by molar-refractivity contribution is -0.129. The number of benzene rings is 2. The molecule has 1 aliphatic rings. The number of phenols is 1. The third kappa shape index (κ3) is 2.93. The molecule has 1 atom stereocenters. The molecule has 0 unspecified atom stereocenters. The van der Waals surface area contributed by atoms with E-state index in [0.717, 1.165) is 16.5 Å². The number of ketones is 1. The Morgan fingerprint density at radius 1 is 1.11 bits per heavy atom. The summed E-state index contributed by atoms with van der Waals surface area (Å²) in [6.07, 6.45) is 2.49. The number of rotatable bonds is 5. The number of phenolic OH excluding ortho intramolecular Hbond substituents is 1. The number of aliphatic hydroxyl groups is 1. The van der Waals surface area contributed by atoms with Crippen molar-refractivity contribution in [1.29, 1.82) is 0 Å². The average Bonchev–Trinajstić information content (AvgIpc) is 3.20. The summed E-state index contributed by atoms with van der Waals surface area (Å²) in [7, 11) is 0. The number of carbonyl (C=O) groups excluding carboxylic acids is 2. The summed E-state index contributed by atoms with van der Waals surface area (Å²) in [6, 6.07) is 13.6. The van der Waals surface area contributed by atoms with Gasteiger partial charge < -0.3 is 20.1 Å². The molecular weight excluding hydrogens is 356 g/mol. The minimum Gasteiger partial charge on any atom is -0.508 e. The minimum absolute atomic E-state index is 0.0922. The zero-order chi connectivity index (χ0) is 19.8. The molecule has 2 aromatic carbocycles. The van der Waals surface area contributed by atoms with Gasteiger partial charge >= 0.3 is 0 Å². The fraction of sp³-hybridized carbons (Fsp3) is 0.182. The maximum absolute atomic E-state index is 12.7. The molecule has 1 amide bonds. The molecule has 6 nitrogen and oxygen atoms in total. The second-order valence-electron chi connectivity index (χ2n) is 6.92. The fourth-order valence-electron chi connectivity index (χ4n) is 3.83. The van der Waals surface area contributed by atoms with E-state index >= 15 is 0 Å². The molecule has 28 heavy (non-hydrogen) atoms.